The summed E-state index contributed by atoms with van der Waals surface area (Å²) in [6, 6.07) is 1.74. The molecule has 0 aromatic heterocycles. The molecule has 17 heavy (non-hydrogen) atoms. The van der Waals surface area contributed by atoms with E-state index >= 15 is 0 Å². The number of carbonyl (C=O) groups excluding carboxylic acids is 1. The van der Waals surface area contributed by atoms with Gasteiger partial charge in [0.1, 0.15) is 0 Å². The summed E-state index contributed by atoms with van der Waals surface area (Å²) < 4.78 is 25.6. The van der Waals surface area contributed by atoms with Crippen LogP contribution in [-0.4, -0.2) is 29.9 Å². The van der Waals surface area contributed by atoms with Gasteiger partial charge in [-0.25, -0.2) is 8.78 Å². The van der Waals surface area contributed by atoms with E-state index in [2.05, 4.69) is 5.32 Å². The van der Waals surface area contributed by atoms with Crippen molar-refractivity contribution in [3.63, 3.8) is 0 Å². The molecule has 1 rings (SSSR count). The third-order valence-electron chi connectivity index (χ3n) is 2.25. The topological polar surface area (TPSA) is 66.4 Å². The number of ketones is 1. The van der Waals surface area contributed by atoms with Crippen LogP contribution < -0.4 is 5.32 Å². The van der Waals surface area contributed by atoms with Crippen LogP contribution in [0.15, 0.2) is 18.2 Å². The van der Waals surface area contributed by atoms with Gasteiger partial charge in [0.05, 0.1) is 12.5 Å². The zero-order valence-electron chi connectivity index (χ0n) is 9.04. The number of carboxylic acids is 1. The van der Waals surface area contributed by atoms with Gasteiger partial charge in [0, 0.05) is 5.56 Å². The van der Waals surface area contributed by atoms with E-state index in [0.717, 1.165) is 18.2 Å². The SMILES string of the molecule is CNC(CC(=O)O)C(=O)c1ccc(F)c(F)c1. The molecule has 0 aliphatic heterocycles. The first kappa shape index (κ1) is 13.2. The second-order valence-electron chi connectivity index (χ2n) is 3.43. The summed E-state index contributed by atoms with van der Waals surface area (Å²) in [6.45, 7) is 0. The van der Waals surface area contributed by atoms with E-state index in [1.165, 1.54) is 7.05 Å². The van der Waals surface area contributed by atoms with E-state index < -0.39 is 35.8 Å². The average Bonchev–Trinajstić information content (AvgIpc) is 2.28. The monoisotopic (exact) mass is 243 g/mol. The molecule has 0 radical (unpaired) electrons. The second-order valence-corrected chi connectivity index (χ2v) is 3.43. The Morgan fingerprint density at radius 1 is 1.35 bits per heavy atom. The Bertz CT molecular complexity index is 448. The van der Waals surface area contributed by atoms with Gasteiger partial charge in [-0.05, 0) is 25.2 Å². The van der Waals surface area contributed by atoms with Gasteiger partial charge in [-0.3, -0.25) is 9.59 Å². The van der Waals surface area contributed by atoms with Crippen LogP contribution >= 0.6 is 0 Å². The molecule has 4 nitrogen and oxygen atoms in total. The van der Waals surface area contributed by atoms with Crippen LogP contribution in [0.5, 0.6) is 0 Å². The summed E-state index contributed by atoms with van der Waals surface area (Å²) in [4.78, 5) is 22.3. The maximum absolute atomic E-state index is 12.9. The third-order valence-corrected chi connectivity index (χ3v) is 2.25. The highest BCUT2D eigenvalue weighted by Gasteiger charge is 2.22. The second kappa shape index (κ2) is 5.49. The number of nitrogens with one attached hydrogen (secondary N) is 1. The Kier molecular flexibility index (Phi) is 4.28. The number of carbonyl (C=O) groups is 2. The Hall–Kier alpha value is -1.82. The van der Waals surface area contributed by atoms with Crippen molar-refractivity contribution in [2.45, 2.75) is 12.5 Å². The highest BCUT2D eigenvalue weighted by Crippen LogP contribution is 2.11. The van der Waals surface area contributed by atoms with Gasteiger partial charge >= 0.3 is 5.97 Å². The average molecular weight is 243 g/mol. The molecule has 2 N–H and O–H groups in total. The van der Waals surface area contributed by atoms with Crippen molar-refractivity contribution < 1.29 is 23.5 Å². The molecule has 92 valence electrons. The lowest BCUT2D eigenvalue weighted by atomic mass is 10.0. The molecule has 0 bridgehead atoms. The number of hydrogen-bond donors (Lipinski definition) is 2. The van der Waals surface area contributed by atoms with Gasteiger partial charge < -0.3 is 10.4 Å². The number of aliphatic carboxylic acids is 1. The molecule has 0 amide bonds. The number of rotatable bonds is 5. The lowest BCUT2D eigenvalue weighted by Crippen LogP contribution is -2.36. The number of hydrogen-bond acceptors (Lipinski definition) is 3. The molecule has 0 heterocycles. The standard InChI is InChI=1S/C11H11F2NO3/c1-14-9(5-10(15)16)11(17)6-2-3-7(12)8(13)4-6/h2-4,9,14H,5H2,1H3,(H,15,16). The van der Waals surface area contributed by atoms with E-state index in [0.29, 0.717) is 0 Å². The van der Waals surface area contributed by atoms with Gasteiger partial charge in [-0.15, -0.1) is 0 Å². The van der Waals surface area contributed by atoms with Crippen molar-refractivity contribution in [1.82, 2.24) is 5.32 Å². The largest absolute Gasteiger partial charge is 0.481 e. The number of likely N-dealkylation sites (N-methyl/N-ethyl adjacent to an activating group) is 1. The zero-order chi connectivity index (χ0) is 13.0. The minimum atomic E-state index is -1.15. The Labute approximate surface area is 96.3 Å². The third kappa shape index (κ3) is 3.32. The summed E-state index contributed by atoms with van der Waals surface area (Å²) in [5.41, 5.74) is -0.0653. The fraction of sp³-hybridized carbons (Fsp3) is 0.273. The number of benzene rings is 1. The van der Waals surface area contributed by atoms with Crippen molar-refractivity contribution in [2.24, 2.45) is 0 Å². The van der Waals surface area contributed by atoms with Crippen LogP contribution in [0.3, 0.4) is 0 Å². The highest BCUT2D eigenvalue weighted by molar-refractivity contribution is 6.01. The fourth-order valence-corrected chi connectivity index (χ4v) is 1.35. The van der Waals surface area contributed by atoms with Crippen molar-refractivity contribution >= 4 is 11.8 Å². The summed E-state index contributed by atoms with van der Waals surface area (Å²) in [5.74, 6) is -3.93. The maximum atomic E-state index is 12.9. The predicted molar refractivity (Wildman–Crippen MR) is 55.8 cm³/mol. The molecule has 0 fully saturated rings. The Morgan fingerprint density at radius 2 is 2.00 bits per heavy atom. The first-order valence-electron chi connectivity index (χ1n) is 4.84. The number of carboxylic acid groups (broad SMARTS) is 1. The number of Topliss-reactive ketones (excluding diaryl/α,β-unsaturated/α-hetero) is 1. The maximum Gasteiger partial charge on any atom is 0.305 e. The molecular formula is C11H11F2NO3. The molecule has 0 spiro atoms. The molecule has 1 aromatic rings. The summed E-state index contributed by atoms with van der Waals surface area (Å²) >= 11 is 0. The lowest BCUT2D eigenvalue weighted by molar-refractivity contribution is -0.137. The van der Waals surface area contributed by atoms with Crippen LogP contribution in [0.4, 0.5) is 8.78 Å². The van der Waals surface area contributed by atoms with E-state index in [-0.39, 0.29) is 5.56 Å². The summed E-state index contributed by atoms with van der Waals surface area (Å²) in [7, 11) is 1.42. The lowest BCUT2D eigenvalue weighted by Gasteiger charge is -2.12. The van der Waals surface area contributed by atoms with Crippen LogP contribution in [0, 0.1) is 11.6 Å². The van der Waals surface area contributed by atoms with Gasteiger partial charge in [-0.1, -0.05) is 0 Å². The van der Waals surface area contributed by atoms with E-state index in [4.69, 9.17) is 5.11 Å². The first-order chi connectivity index (χ1) is 7.95. The molecule has 1 aromatic carbocycles. The molecule has 1 atom stereocenters. The smallest absolute Gasteiger partial charge is 0.305 e. The van der Waals surface area contributed by atoms with Crippen molar-refractivity contribution in [3.05, 3.63) is 35.4 Å². The normalized spacial score (nSPS) is 12.2. The van der Waals surface area contributed by atoms with Crippen LogP contribution in [0.2, 0.25) is 0 Å². The summed E-state index contributed by atoms with van der Waals surface area (Å²) in [5, 5.41) is 11.1. The van der Waals surface area contributed by atoms with E-state index in [1.807, 2.05) is 0 Å². The molecule has 6 heteroatoms. The minimum absolute atomic E-state index is 0.0653. The van der Waals surface area contributed by atoms with Gasteiger partial charge in [0.15, 0.2) is 17.4 Å². The van der Waals surface area contributed by atoms with Crippen LogP contribution in [-0.2, 0) is 4.79 Å². The van der Waals surface area contributed by atoms with Crippen LogP contribution in [0.25, 0.3) is 0 Å². The molecule has 0 aliphatic rings. The van der Waals surface area contributed by atoms with E-state index in [9.17, 15) is 18.4 Å². The molecule has 1 unspecified atom stereocenters. The molecular weight excluding hydrogens is 232 g/mol. The van der Waals surface area contributed by atoms with Crippen molar-refractivity contribution in [2.75, 3.05) is 7.05 Å². The fourth-order valence-electron chi connectivity index (χ4n) is 1.35. The van der Waals surface area contributed by atoms with Crippen molar-refractivity contribution in [1.29, 1.82) is 0 Å². The zero-order valence-corrected chi connectivity index (χ0v) is 9.04. The van der Waals surface area contributed by atoms with Gasteiger partial charge in [0.25, 0.3) is 0 Å². The van der Waals surface area contributed by atoms with Crippen molar-refractivity contribution in [3.8, 4) is 0 Å². The van der Waals surface area contributed by atoms with Gasteiger partial charge in [0.2, 0.25) is 0 Å². The highest BCUT2D eigenvalue weighted by atomic mass is 19.2. The predicted octanol–water partition coefficient (Wildman–Crippen LogP) is 1.21. The van der Waals surface area contributed by atoms with E-state index in [1.54, 1.807) is 0 Å². The number of halogens is 2. The van der Waals surface area contributed by atoms with Crippen LogP contribution in [0.1, 0.15) is 16.8 Å². The summed E-state index contributed by atoms with van der Waals surface area (Å²) in [6.07, 6.45) is -0.422. The van der Waals surface area contributed by atoms with Gasteiger partial charge in [-0.2, -0.15) is 0 Å². The molecule has 0 aliphatic carbocycles. The first-order valence-corrected chi connectivity index (χ1v) is 4.84. The molecule has 0 saturated heterocycles. The Morgan fingerprint density at radius 3 is 2.47 bits per heavy atom. The quantitative estimate of drug-likeness (QED) is 0.763. The Balaban J connectivity index is 2.93. The molecule has 0 saturated carbocycles. The minimum Gasteiger partial charge on any atom is -0.481 e.